The van der Waals surface area contributed by atoms with Crippen LogP contribution in [0.25, 0.3) is 10.4 Å². The van der Waals surface area contributed by atoms with E-state index in [4.69, 9.17) is 4.98 Å². The third-order valence-corrected chi connectivity index (χ3v) is 8.97. The van der Waals surface area contributed by atoms with Crippen LogP contribution in [0.1, 0.15) is 54.6 Å². The number of hydrogen-bond donors (Lipinski definition) is 2. The predicted octanol–water partition coefficient (Wildman–Crippen LogP) is 6.23. The Bertz CT molecular complexity index is 1250. The van der Waals surface area contributed by atoms with Crippen LogP contribution in [0.5, 0.6) is 0 Å². The Hall–Kier alpha value is -2.45. The molecule has 1 saturated carbocycles. The number of nitrogens with zero attached hydrogens (tertiary/aromatic N) is 2. The van der Waals surface area contributed by atoms with Gasteiger partial charge in [-0.25, -0.2) is 13.4 Å². The summed E-state index contributed by atoms with van der Waals surface area (Å²) in [4.78, 5) is 10.2. The third kappa shape index (κ3) is 5.55. The molecule has 2 N–H and O–H groups in total. The van der Waals surface area contributed by atoms with Crippen molar-refractivity contribution in [2.24, 2.45) is 5.92 Å². The number of nitrogens with one attached hydrogen (secondary N) is 2. The van der Waals surface area contributed by atoms with E-state index in [1.54, 1.807) is 23.6 Å². The number of rotatable bonds is 7. The Labute approximate surface area is 200 Å². The summed E-state index contributed by atoms with van der Waals surface area (Å²) >= 11 is 1.59. The highest BCUT2D eigenvalue weighted by molar-refractivity contribution is 7.92. The molecule has 4 rings (SSSR count). The summed E-state index contributed by atoms with van der Waals surface area (Å²) < 4.78 is 29.2. The van der Waals surface area contributed by atoms with E-state index in [1.165, 1.54) is 32.1 Å². The van der Waals surface area contributed by atoms with Gasteiger partial charge in [0.15, 0.2) is 5.13 Å². The fourth-order valence-electron chi connectivity index (χ4n) is 4.40. The second-order valence-corrected chi connectivity index (χ2v) is 11.7. The Morgan fingerprint density at radius 1 is 1.03 bits per heavy atom. The molecular weight excluding hydrogens is 452 g/mol. The van der Waals surface area contributed by atoms with Crippen LogP contribution >= 0.6 is 11.3 Å². The molecule has 3 aromatic rings. The van der Waals surface area contributed by atoms with Crippen molar-refractivity contribution in [1.29, 1.82) is 0 Å². The van der Waals surface area contributed by atoms with Gasteiger partial charge in [-0.1, -0.05) is 42.7 Å². The van der Waals surface area contributed by atoms with Gasteiger partial charge in [0, 0.05) is 12.2 Å². The molecule has 1 fully saturated rings. The molecule has 0 unspecified atom stereocenters. The first-order chi connectivity index (χ1) is 15.7. The molecule has 1 aromatic carbocycles. The van der Waals surface area contributed by atoms with E-state index in [0.717, 1.165) is 39.1 Å². The monoisotopic (exact) mass is 484 g/mol. The summed E-state index contributed by atoms with van der Waals surface area (Å²) in [6.45, 7) is 8.50. The number of aromatic nitrogens is 2. The fourth-order valence-corrected chi connectivity index (χ4v) is 6.75. The molecule has 0 saturated heterocycles. The third-order valence-electron chi connectivity index (χ3n) is 6.29. The van der Waals surface area contributed by atoms with E-state index in [0.29, 0.717) is 17.2 Å². The Kier molecular flexibility index (Phi) is 7.05. The van der Waals surface area contributed by atoms with Gasteiger partial charge in [-0.05, 0) is 75.3 Å². The molecule has 176 valence electrons. The summed E-state index contributed by atoms with van der Waals surface area (Å²) in [5, 5.41) is 4.42. The summed E-state index contributed by atoms with van der Waals surface area (Å²) in [6.07, 6.45) is 8.13. The van der Waals surface area contributed by atoms with E-state index in [1.807, 2.05) is 45.9 Å². The molecule has 2 heterocycles. The maximum Gasteiger partial charge on any atom is 0.262 e. The first-order valence-electron chi connectivity index (χ1n) is 11.5. The normalized spacial score (nSPS) is 14.9. The fraction of sp³-hybridized carbons (Fsp3) is 0.440. The zero-order valence-corrected chi connectivity index (χ0v) is 21.4. The molecule has 2 aromatic heterocycles. The minimum absolute atomic E-state index is 0.268. The van der Waals surface area contributed by atoms with Gasteiger partial charge >= 0.3 is 0 Å². The Balaban J connectivity index is 1.57. The number of benzene rings is 1. The largest absolute Gasteiger partial charge is 0.361 e. The van der Waals surface area contributed by atoms with Gasteiger partial charge in [0.2, 0.25) is 0 Å². The van der Waals surface area contributed by atoms with Gasteiger partial charge in [0.25, 0.3) is 10.0 Å². The number of hydrogen-bond acceptors (Lipinski definition) is 6. The molecular formula is C25H32N4O2S2. The van der Waals surface area contributed by atoms with Gasteiger partial charge in [0.1, 0.15) is 0 Å². The lowest BCUT2D eigenvalue weighted by Crippen LogP contribution is -2.16. The number of thiazole rings is 1. The zero-order chi connectivity index (χ0) is 23.6. The van der Waals surface area contributed by atoms with Crippen molar-refractivity contribution in [1.82, 2.24) is 9.97 Å². The van der Waals surface area contributed by atoms with Gasteiger partial charge in [-0.3, -0.25) is 9.71 Å². The van der Waals surface area contributed by atoms with E-state index >= 15 is 0 Å². The standard InChI is InChI=1S/C25H32N4O2S2/c1-16-10-11-21(13-23(16)33(30,31)29-22-15-26-18(3)12-17(22)2)24-19(4)28-25(32-24)27-14-20-8-6-5-7-9-20/h10-13,15,20,29H,5-9,14H2,1-4H3,(H,27,28). The second kappa shape index (κ2) is 9.81. The first kappa shape index (κ1) is 23.7. The van der Waals surface area contributed by atoms with Crippen LogP contribution in [-0.2, 0) is 10.0 Å². The van der Waals surface area contributed by atoms with Crippen LogP contribution in [0.2, 0.25) is 0 Å². The van der Waals surface area contributed by atoms with Gasteiger partial charge in [-0.15, -0.1) is 0 Å². The molecule has 1 aliphatic rings. The lowest BCUT2D eigenvalue weighted by Gasteiger charge is -2.21. The molecule has 33 heavy (non-hydrogen) atoms. The van der Waals surface area contributed by atoms with Crippen molar-refractivity contribution < 1.29 is 8.42 Å². The van der Waals surface area contributed by atoms with E-state index in [9.17, 15) is 8.42 Å². The lowest BCUT2D eigenvalue weighted by molar-refractivity contribution is 0.373. The molecule has 0 atom stereocenters. The zero-order valence-electron chi connectivity index (χ0n) is 19.7. The summed E-state index contributed by atoms with van der Waals surface area (Å²) in [5.74, 6) is 0.716. The quantitative estimate of drug-likeness (QED) is 0.415. The SMILES string of the molecule is Cc1cc(C)c(NS(=O)(=O)c2cc(-c3sc(NCC4CCCCC4)nc3C)ccc2C)cn1. The highest BCUT2D eigenvalue weighted by atomic mass is 32.2. The van der Waals surface area contributed by atoms with Crippen molar-refractivity contribution in [3.63, 3.8) is 0 Å². The first-order valence-corrected chi connectivity index (χ1v) is 13.8. The molecule has 0 radical (unpaired) electrons. The van der Waals surface area contributed by atoms with Crippen LogP contribution in [0.4, 0.5) is 10.8 Å². The molecule has 0 aliphatic heterocycles. The van der Waals surface area contributed by atoms with Crippen molar-refractivity contribution in [2.45, 2.75) is 64.7 Å². The number of aryl methyl sites for hydroxylation is 4. The summed E-state index contributed by atoms with van der Waals surface area (Å²) in [6, 6.07) is 7.45. The van der Waals surface area contributed by atoms with E-state index in [-0.39, 0.29) is 4.90 Å². The predicted molar refractivity (Wildman–Crippen MR) is 137 cm³/mol. The summed E-state index contributed by atoms with van der Waals surface area (Å²) in [7, 11) is -3.76. The highest BCUT2D eigenvalue weighted by Crippen LogP contribution is 2.35. The maximum absolute atomic E-state index is 13.2. The van der Waals surface area contributed by atoms with Gasteiger partial charge in [-0.2, -0.15) is 0 Å². The number of anilines is 2. The smallest absolute Gasteiger partial charge is 0.262 e. The summed E-state index contributed by atoms with van der Waals surface area (Å²) in [5.41, 5.74) is 4.65. The molecule has 6 nitrogen and oxygen atoms in total. The highest BCUT2D eigenvalue weighted by Gasteiger charge is 2.21. The average Bonchev–Trinajstić information content (AvgIpc) is 3.16. The second-order valence-electron chi connectivity index (χ2n) is 9.04. The van der Waals surface area contributed by atoms with Crippen LogP contribution < -0.4 is 10.0 Å². The molecule has 0 amide bonds. The minimum atomic E-state index is -3.76. The van der Waals surface area contributed by atoms with Crippen molar-refractivity contribution in [3.8, 4) is 10.4 Å². The van der Waals surface area contributed by atoms with E-state index in [2.05, 4.69) is 15.0 Å². The van der Waals surface area contributed by atoms with Crippen LogP contribution in [0.15, 0.2) is 35.4 Å². The van der Waals surface area contributed by atoms with Gasteiger partial charge in [0.05, 0.1) is 27.4 Å². The topological polar surface area (TPSA) is 84.0 Å². The van der Waals surface area contributed by atoms with Gasteiger partial charge < -0.3 is 5.32 Å². The maximum atomic E-state index is 13.2. The van der Waals surface area contributed by atoms with Crippen LogP contribution in [0.3, 0.4) is 0 Å². The molecule has 8 heteroatoms. The molecule has 0 bridgehead atoms. The Morgan fingerprint density at radius 2 is 1.79 bits per heavy atom. The molecule has 0 spiro atoms. The Morgan fingerprint density at radius 3 is 2.52 bits per heavy atom. The van der Waals surface area contributed by atoms with Crippen LogP contribution in [-0.4, -0.2) is 24.9 Å². The minimum Gasteiger partial charge on any atom is -0.361 e. The van der Waals surface area contributed by atoms with Crippen LogP contribution in [0, 0.1) is 33.6 Å². The number of sulfonamides is 1. The number of pyridine rings is 1. The van der Waals surface area contributed by atoms with Crippen molar-refractivity contribution in [3.05, 3.63) is 53.0 Å². The van der Waals surface area contributed by atoms with E-state index < -0.39 is 10.0 Å². The van der Waals surface area contributed by atoms with Crippen molar-refractivity contribution in [2.75, 3.05) is 16.6 Å². The average molecular weight is 485 g/mol. The lowest BCUT2D eigenvalue weighted by atomic mass is 9.89. The van der Waals surface area contributed by atoms with Crippen molar-refractivity contribution >= 4 is 32.2 Å². The molecule has 1 aliphatic carbocycles.